The summed E-state index contributed by atoms with van der Waals surface area (Å²) >= 11 is 0. The third-order valence-electron chi connectivity index (χ3n) is 7.40. The molecule has 0 fully saturated rings. The molecule has 1 aromatic heterocycles. The van der Waals surface area contributed by atoms with Gasteiger partial charge in [-0.25, -0.2) is 14.7 Å². The maximum absolute atomic E-state index is 13.8. The van der Waals surface area contributed by atoms with E-state index in [4.69, 9.17) is 9.47 Å². The van der Waals surface area contributed by atoms with Gasteiger partial charge in [-0.3, -0.25) is 4.79 Å². The molecule has 0 aliphatic carbocycles. The number of carbonyl (C=O) groups is 2. The number of anilines is 6. The monoisotopic (exact) mass is 678 g/mol. The van der Waals surface area contributed by atoms with E-state index in [2.05, 4.69) is 27.2 Å². The predicted octanol–water partition coefficient (Wildman–Crippen LogP) is 5.98. The molecule has 17 heteroatoms. The van der Waals surface area contributed by atoms with E-state index in [1.54, 1.807) is 11.9 Å². The van der Waals surface area contributed by atoms with Crippen molar-refractivity contribution in [2.75, 3.05) is 61.8 Å². The Labute approximate surface area is 273 Å². The summed E-state index contributed by atoms with van der Waals surface area (Å²) in [7, 11) is 6.87. The number of hydrogen-bond donors (Lipinski definition) is 2. The molecule has 1 atom stereocenters. The minimum atomic E-state index is -4.71. The van der Waals surface area contributed by atoms with Crippen molar-refractivity contribution in [1.82, 2.24) is 19.8 Å². The van der Waals surface area contributed by atoms with Crippen molar-refractivity contribution >= 4 is 46.5 Å². The first-order chi connectivity index (χ1) is 22.6. The highest BCUT2D eigenvalue weighted by Gasteiger charge is 2.46. The number of fused-ring (bicyclic) bond motifs is 1. The van der Waals surface area contributed by atoms with Crippen molar-refractivity contribution in [3.8, 4) is 11.5 Å². The summed E-state index contributed by atoms with van der Waals surface area (Å²) in [6, 6.07) is 5.54. The van der Waals surface area contributed by atoms with Crippen LogP contribution >= 0.6 is 0 Å². The van der Waals surface area contributed by atoms with Crippen LogP contribution in [-0.4, -0.2) is 91.9 Å². The number of likely N-dealkylation sites (N-methyl/N-ethyl adjacent to an activating group) is 2. The number of ether oxygens (including phenoxy) is 2. The minimum absolute atomic E-state index is 0.0372. The van der Waals surface area contributed by atoms with Gasteiger partial charge in [-0.15, -0.1) is 0 Å². The summed E-state index contributed by atoms with van der Waals surface area (Å²) in [5, 5.41) is 5.46. The Morgan fingerprint density at radius 3 is 2.40 bits per heavy atom. The van der Waals surface area contributed by atoms with Crippen molar-refractivity contribution < 1.29 is 41.0 Å². The normalized spacial score (nSPS) is 13.7. The molecule has 2 aromatic carbocycles. The summed E-state index contributed by atoms with van der Waals surface area (Å²) in [6.45, 7) is 1.71. The fourth-order valence-electron chi connectivity index (χ4n) is 4.73. The first-order valence-electron chi connectivity index (χ1n) is 14.5. The highest BCUT2D eigenvalue weighted by molar-refractivity contribution is 6.03. The Morgan fingerprint density at radius 1 is 1.12 bits per heavy atom. The van der Waals surface area contributed by atoms with Crippen molar-refractivity contribution in [3.63, 3.8) is 0 Å². The molecule has 1 aliphatic rings. The molecule has 2 heterocycles. The van der Waals surface area contributed by atoms with Gasteiger partial charge in [0.15, 0.2) is 11.6 Å². The lowest BCUT2D eigenvalue weighted by molar-refractivity contribution is -0.172. The van der Waals surface area contributed by atoms with Crippen LogP contribution in [-0.2, 0) is 11.3 Å². The number of nitrogens with zero attached hydrogens (tertiary/aromatic N) is 6. The minimum Gasteiger partial charge on any atom is -0.497 e. The van der Waals surface area contributed by atoms with Gasteiger partial charge in [0.05, 0.1) is 36.4 Å². The number of nitrogens with one attached hydrogen (secondary N) is 2. The van der Waals surface area contributed by atoms with E-state index in [-0.39, 0.29) is 40.1 Å². The molecule has 2 N–H and O–H groups in total. The molecule has 3 amide bonds. The van der Waals surface area contributed by atoms with E-state index in [1.165, 1.54) is 49.7 Å². The quantitative estimate of drug-likeness (QED) is 0.167. The zero-order valence-corrected chi connectivity index (χ0v) is 26.8. The number of rotatable bonds is 13. The van der Waals surface area contributed by atoms with Crippen LogP contribution in [0.4, 0.5) is 61.3 Å². The smallest absolute Gasteiger partial charge is 0.408 e. The van der Waals surface area contributed by atoms with E-state index in [0.29, 0.717) is 29.4 Å². The van der Waals surface area contributed by atoms with Crippen LogP contribution in [0.25, 0.3) is 0 Å². The maximum Gasteiger partial charge on any atom is 0.408 e. The van der Waals surface area contributed by atoms with Crippen LogP contribution < -0.4 is 29.9 Å². The van der Waals surface area contributed by atoms with Gasteiger partial charge in [-0.2, -0.15) is 26.9 Å². The molecule has 0 spiro atoms. The number of amides is 3. The lowest BCUT2D eigenvalue weighted by Gasteiger charge is -2.39. The Morgan fingerprint density at radius 2 is 1.81 bits per heavy atom. The van der Waals surface area contributed by atoms with Gasteiger partial charge in [0, 0.05) is 38.0 Å². The lowest BCUT2D eigenvalue weighted by Crippen LogP contribution is -2.53. The molecule has 0 radical (unpaired) electrons. The van der Waals surface area contributed by atoms with Crippen molar-refractivity contribution in [3.05, 3.63) is 60.8 Å². The molecule has 12 nitrogen and oxygen atoms in total. The zero-order valence-electron chi connectivity index (χ0n) is 26.8. The molecular weight excluding hydrogens is 643 g/mol. The van der Waals surface area contributed by atoms with E-state index in [1.807, 2.05) is 19.0 Å². The number of aromatic nitrogens is 2. The van der Waals surface area contributed by atoms with Gasteiger partial charge in [-0.1, -0.05) is 6.58 Å². The third kappa shape index (κ3) is 8.20. The molecule has 3 aromatic rings. The molecule has 0 saturated carbocycles. The predicted molar refractivity (Wildman–Crippen MR) is 171 cm³/mol. The fourth-order valence-corrected chi connectivity index (χ4v) is 4.73. The number of benzene rings is 2. The SMILES string of the molecule is C=CC(=O)Nc1cc(Nc2ncc3c(n2)N(c2ccc(OC)cc2)C(=O)N([C@@H](C)C(F)(F)F)C3)c(OC(F)F)cc1N(C)CCN(C)C. The summed E-state index contributed by atoms with van der Waals surface area (Å²) in [5.41, 5.74) is 0.870. The van der Waals surface area contributed by atoms with Gasteiger partial charge < -0.3 is 34.8 Å². The Bertz CT molecular complexity index is 1640. The first-order valence-corrected chi connectivity index (χ1v) is 14.5. The Balaban J connectivity index is 1.81. The van der Waals surface area contributed by atoms with Gasteiger partial charge in [0.1, 0.15) is 11.8 Å². The molecule has 258 valence electrons. The second-order valence-corrected chi connectivity index (χ2v) is 11.0. The van der Waals surface area contributed by atoms with Crippen molar-refractivity contribution in [2.45, 2.75) is 32.3 Å². The number of halogens is 5. The summed E-state index contributed by atoms with van der Waals surface area (Å²) < 4.78 is 78.5. The van der Waals surface area contributed by atoms with Crippen LogP contribution in [0, 0.1) is 0 Å². The standard InChI is InChI=1S/C31H35F5N8O4/c1-7-26(45)38-22-14-23(25(48-28(32)33)15-24(22)42(5)13-12-41(3)4)39-29-37-16-19-17-43(18(2)31(34,35)36)30(46)44(27(19)40-29)20-8-10-21(47-6)11-9-20/h7-11,14-16,18,28H,1,12-13,17H2,2-6H3,(H,38,45)(H,37,39,40)/t18-/m0/s1. The van der Waals surface area contributed by atoms with E-state index < -0.39 is 37.3 Å². The number of hydrogen-bond acceptors (Lipinski definition) is 9. The molecule has 0 saturated heterocycles. The van der Waals surface area contributed by atoms with E-state index >= 15 is 0 Å². The highest BCUT2D eigenvalue weighted by Crippen LogP contribution is 2.41. The van der Waals surface area contributed by atoms with E-state index in [0.717, 1.165) is 17.9 Å². The van der Waals surface area contributed by atoms with Gasteiger partial charge in [0.25, 0.3) is 0 Å². The molecule has 4 rings (SSSR count). The first kappa shape index (κ1) is 35.7. The number of methoxy groups -OCH3 is 1. The summed E-state index contributed by atoms with van der Waals surface area (Å²) in [6.07, 6.45) is -2.44. The second kappa shape index (κ2) is 14.7. The van der Waals surface area contributed by atoms with Crippen LogP contribution in [0.2, 0.25) is 0 Å². The Kier molecular flexibility index (Phi) is 10.9. The topological polar surface area (TPSA) is 115 Å². The van der Waals surface area contributed by atoms with E-state index in [9.17, 15) is 31.5 Å². The molecular formula is C31H35F5N8O4. The molecule has 1 aliphatic heterocycles. The van der Waals surface area contributed by atoms with Crippen LogP contribution in [0.5, 0.6) is 11.5 Å². The number of carbonyl (C=O) groups excluding carboxylic acids is 2. The van der Waals surface area contributed by atoms with Crippen LogP contribution in [0.15, 0.2) is 55.3 Å². The largest absolute Gasteiger partial charge is 0.497 e. The average Bonchev–Trinajstić information content (AvgIpc) is 3.03. The van der Waals surface area contributed by atoms with Gasteiger partial charge >= 0.3 is 18.8 Å². The fraction of sp³-hybridized carbons (Fsp3) is 0.355. The molecule has 48 heavy (non-hydrogen) atoms. The maximum atomic E-state index is 13.8. The lowest BCUT2D eigenvalue weighted by atomic mass is 10.1. The summed E-state index contributed by atoms with van der Waals surface area (Å²) in [5.74, 6) is -0.684. The van der Waals surface area contributed by atoms with Crippen molar-refractivity contribution in [2.24, 2.45) is 0 Å². The molecule has 0 unspecified atom stereocenters. The van der Waals surface area contributed by atoms with Gasteiger partial charge in [-0.05, 0) is 57.4 Å². The molecule has 0 bridgehead atoms. The van der Waals surface area contributed by atoms with Crippen molar-refractivity contribution in [1.29, 1.82) is 0 Å². The third-order valence-corrected chi connectivity index (χ3v) is 7.40. The second-order valence-electron chi connectivity index (χ2n) is 11.0. The highest BCUT2D eigenvalue weighted by atomic mass is 19.4. The zero-order chi connectivity index (χ0) is 35.3. The number of alkyl halides is 5. The summed E-state index contributed by atoms with van der Waals surface area (Å²) in [4.78, 5) is 39.9. The van der Waals surface area contributed by atoms with Crippen LogP contribution in [0.3, 0.4) is 0 Å². The number of urea groups is 1. The van der Waals surface area contributed by atoms with Gasteiger partial charge in [0.2, 0.25) is 11.9 Å². The Hall–Kier alpha value is -5.19. The van der Waals surface area contributed by atoms with Crippen LogP contribution in [0.1, 0.15) is 12.5 Å². The average molecular weight is 679 g/mol.